The highest BCUT2D eigenvalue weighted by molar-refractivity contribution is 7.17. The van der Waals surface area contributed by atoms with Gasteiger partial charge in [-0.3, -0.25) is 14.5 Å². The number of likely N-dealkylation sites (N-methyl/N-ethyl adjacent to an activating group) is 1. The van der Waals surface area contributed by atoms with Gasteiger partial charge in [0.05, 0.1) is 10.9 Å². The zero-order valence-electron chi connectivity index (χ0n) is 15.5. The Labute approximate surface area is 161 Å². The first-order valence-corrected chi connectivity index (χ1v) is 9.56. The Morgan fingerprint density at radius 3 is 2.56 bits per heavy atom. The van der Waals surface area contributed by atoms with E-state index in [2.05, 4.69) is 46.7 Å². The molecule has 0 aliphatic rings. The molecule has 0 radical (unpaired) electrons. The van der Waals surface area contributed by atoms with E-state index >= 15 is 0 Å². The number of rotatable bonds is 4. The lowest BCUT2D eigenvalue weighted by Crippen LogP contribution is -2.26. The largest absolute Gasteiger partial charge is 0.347 e. The minimum absolute atomic E-state index is 0.0201. The van der Waals surface area contributed by atoms with Crippen molar-refractivity contribution in [2.45, 2.75) is 13.5 Å². The van der Waals surface area contributed by atoms with Crippen LogP contribution in [-0.4, -0.2) is 39.7 Å². The highest BCUT2D eigenvalue weighted by Gasteiger charge is 2.10. The smallest absolute Gasteiger partial charge is 0.243 e. The van der Waals surface area contributed by atoms with E-state index in [1.807, 2.05) is 18.6 Å². The van der Waals surface area contributed by atoms with Crippen molar-refractivity contribution < 1.29 is 4.79 Å². The number of pyridine rings is 1. The molecule has 0 N–H and O–H groups in total. The van der Waals surface area contributed by atoms with Gasteiger partial charge in [-0.1, -0.05) is 24.3 Å². The zero-order chi connectivity index (χ0) is 19.0. The van der Waals surface area contributed by atoms with Gasteiger partial charge in [-0.25, -0.2) is 0 Å². The van der Waals surface area contributed by atoms with Gasteiger partial charge in [0.15, 0.2) is 0 Å². The summed E-state index contributed by atoms with van der Waals surface area (Å²) in [4.78, 5) is 17.8. The fraction of sp³-hybridized carbons (Fsp3) is 0.190. The van der Waals surface area contributed by atoms with Crippen molar-refractivity contribution in [1.29, 1.82) is 0 Å². The van der Waals surface area contributed by atoms with Crippen molar-refractivity contribution in [3.05, 3.63) is 60.0 Å². The molecule has 1 aromatic carbocycles. The first-order valence-electron chi connectivity index (χ1n) is 8.68. The second kappa shape index (κ2) is 6.96. The molecule has 0 saturated carbocycles. The number of amides is 1. The Hall–Kier alpha value is -2.99. The lowest BCUT2D eigenvalue weighted by Gasteiger charge is -2.09. The molecule has 6 heteroatoms. The summed E-state index contributed by atoms with van der Waals surface area (Å²) in [6.45, 7) is 2.39. The van der Waals surface area contributed by atoms with Crippen molar-refractivity contribution in [3.63, 3.8) is 0 Å². The number of aryl methyl sites for hydroxylation is 1. The maximum absolute atomic E-state index is 11.8. The Balaban J connectivity index is 1.62. The summed E-state index contributed by atoms with van der Waals surface area (Å²) >= 11 is 1.73. The molecule has 3 heterocycles. The average molecular weight is 376 g/mol. The van der Waals surface area contributed by atoms with E-state index in [1.54, 1.807) is 41.2 Å². The summed E-state index contributed by atoms with van der Waals surface area (Å²) in [6, 6.07) is 8.41. The molecule has 0 saturated heterocycles. The van der Waals surface area contributed by atoms with Crippen molar-refractivity contribution in [3.8, 4) is 22.3 Å². The molecule has 5 nitrogen and oxygen atoms in total. The molecule has 0 atom stereocenters. The van der Waals surface area contributed by atoms with E-state index in [0.717, 1.165) is 22.3 Å². The van der Waals surface area contributed by atoms with Gasteiger partial charge >= 0.3 is 0 Å². The first kappa shape index (κ1) is 17.4. The van der Waals surface area contributed by atoms with Crippen LogP contribution in [0.15, 0.2) is 54.4 Å². The molecule has 0 unspecified atom stereocenters. The van der Waals surface area contributed by atoms with Gasteiger partial charge in [0.1, 0.15) is 6.54 Å². The molecular formula is C21H20N4OS. The van der Waals surface area contributed by atoms with Gasteiger partial charge in [0.2, 0.25) is 5.91 Å². The van der Waals surface area contributed by atoms with E-state index in [9.17, 15) is 4.79 Å². The maximum atomic E-state index is 11.8. The normalized spacial score (nSPS) is 11.1. The van der Waals surface area contributed by atoms with Crippen LogP contribution < -0.4 is 0 Å². The standard InChI is InChI=1S/C21H20N4OS/c1-14-13-27-19-10-22-9-18(21(14)19)16-6-4-15(5-7-16)17-8-23-25(11-17)12-20(26)24(2)3/h4-11,13H,12H2,1-3H3. The van der Waals surface area contributed by atoms with E-state index < -0.39 is 0 Å². The average Bonchev–Trinajstić information content (AvgIpc) is 3.29. The predicted molar refractivity (Wildman–Crippen MR) is 110 cm³/mol. The lowest BCUT2D eigenvalue weighted by molar-refractivity contribution is -0.129. The molecule has 3 aromatic heterocycles. The van der Waals surface area contributed by atoms with Crippen LogP contribution in [-0.2, 0) is 11.3 Å². The maximum Gasteiger partial charge on any atom is 0.243 e. The summed E-state index contributed by atoms with van der Waals surface area (Å²) in [5, 5.41) is 7.75. The first-order chi connectivity index (χ1) is 13.0. The van der Waals surface area contributed by atoms with Crippen LogP contribution in [0.25, 0.3) is 32.3 Å². The van der Waals surface area contributed by atoms with Crippen LogP contribution in [0.1, 0.15) is 5.56 Å². The second-order valence-electron chi connectivity index (χ2n) is 6.77. The molecule has 0 aliphatic heterocycles. The van der Waals surface area contributed by atoms with Gasteiger partial charge in [-0.05, 0) is 29.0 Å². The molecule has 0 aliphatic carbocycles. The SMILES string of the molecule is Cc1csc2cncc(-c3ccc(-c4cnn(CC(=O)N(C)C)c4)cc3)c12. The topological polar surface area (TPSA) is 51.0 Å². The molecule has 27 heavy (non-hydrogen) atoms. The summed E-state index contributed by atoms with van der Waals surface area (Å²) in [7, 11) is 3.49. The van der Waals surface area contributed by atoms with Crippen molar-refractivity contribution in [2.75, 3.05) is 14.1 Å². The molecule has 4 aromatic rings. The number of fused-ring (bicyclic) bond motifs is 1. The predicted octanol–water partition coefficient (Wildman–Crippen LogP) is 4.22. The van der Waals surface area contributed by atoms with E-state index in [1.165, 1.54) is 15.6 Å². The Morgan fingerprint density at radius 2 is 1.81 bits per heavy atom. The number of aromatic nitrogens is 3. The van der Waals surface area contributed by atoms with Crippen LogP contribution in [0, 0.1) is 6.92 Å². The van der Waals surface area contributed by atoms with Gasteiger partial charge in [0.25, 0.3) is 0 Å². The number of carbonyl (C=O) groups excluding carboxylic acids is 1. The molecule has 4 rings (SSSR count). The second-order valence-corrected chi connectivity index (χ2v) is 7.68. The summed E-state index contributed by atoms with van der Waals surface area (Å²) in [5.74, 6) is 0.0201. The molecule has 1 amide bonds. The number of hydrogen-bond acceptors (Lipinski definition) is 4. The molecule has 0 fully saturated rings. The highest BCUT2D eigenvalue weighted by atomic mass is 32.1. The highest BCUT2D eigenvalue weighted by Crippen LogP contribution is 2.34. The number of thiophene rings is 1. The van der Waals surface area contributed by atoms with E-state index in [0.29, 0.717) is 0 Å². The van der Waals surface area contributed by atoms with E-state index in [-0.39, 0.29) is 12.5 Å². The molecule has 0 spiro atoms. The Bertz CT molecular complexity index is 1110. The van der Waals surface area contributed by atoms with Crippen LogP contribution in [0.4, 0.5) is 0 Å². The van der Waals surface area contributed by atoms with Crippen LogP contribution in [0.2, 0.25) is 0 Å². The van der Waals surface area contributed by atoms with E-state index in [4.69, 9.17) is 0 Å². The van der Waals surface area contributed by atoms with Crippen LogP contribution >= 0.6 is 11.3 Å². The molecule has 136 valence electrons. The number of nitrogens with zero attached hydrogens (tertiary/aromatic N) is 4. The van der Waals surface area contributed by atoms with Crippen molar-refractivity contribution in [2.24, 2.45) is 0 Å². The number of hydrogen-bond donors (Lipinski definition) is 0. The third kappa shape index (κ3) is 3.36. The molecular weight excluding hydrogens is 356 g/mol. The van der Waals surface area contributed by atoms with Gasteiger partial charge in [-0.15, -0.1) is 11.3 Å². The Morgan fingerprint density at radius 1 is 1.07 bits per heavy atom. The minimum atomic E-state index is 0.0201. The quantitative estimate of drug-likeness (QED) is 0.536. The van der Waals surface area contributed by atoms with Gasteiger partial charge in [-0.2, -0.15) is 5.10 Å². The summed E-state index contributed by atoms with van der Waals surface area (Å²) in [6.07, 6.45) is 7.56. The van der Waals surface area contributed by atoms with Crippen molar-refractivity contribution in [1.82, 2.24) is 19.7 Å². The lowest BCUT2D eigenvalue weighted by atomic mass is 9.99. The van der Waals surface area contributed by atoms with Crippen LogP contribution in [0.5, 0.6) is 0 Å². The van der Waals surface area contributed by atoms with Crippen LogP contribution in [0.3, 0.4) is 0 Å². The van der Waals surface area contributed by atoms with Gasteiger partial charge in [0, 0.05) is 49.2 Å². The summed E-state index contributed by atoms with van der Waals surface area (Å²) in [5.41, 5.74) is 5.66. The minimum Gasteiger partial charge on any atom is -0.347 e. The fourth-order valence-corrected chi connectivity index (χ4v) is 4.02. The number of benzene rings is 1. The number of carbonyl (C=O) groups is 1. The fourth-order valence-electron chi connectivity index (χ4n) is 3.09. The Kier molecular flexibility index (Phi) is 4.49. The van der Waals surface area contributed by atoms with Gasteiger partial charge < -0.3 is 4.90 Å². The summed E-state index contributed by atoms with van der Waals surface area (Å²) < 4.78 is 2.88. The zero-order valence-corrected chi connectivity index (χ0v) is 16.3. The van der Waals surface area contributed by atoms with Crippen molar-refractivity contribution >= 4 is 27.3 Å². The molecule has 0 bridgehead atoms. The third-order valence-electron chi connectivity index (χ3n) is 4.63. The third-order valence-corrected chi connectivity index (χ3v) is 5.66. The monoisotopic (exact) mass is 376 g/mol.